The first-order valence-corrected chi connectivity index (χ1v) is 8.41. The standard InChI is InChI=1S/C19H22N2O4/c1-24-16-5-2-4-14(12-16)13-18(22)21-9-7-15(8-10-21)20-19(23)17-6-3-11-25-17/h2-6,11-12,15H,7-10,13H2,1H3,(H,20,23). The zero-order chi connectivity index (χ0) is 17.6. The van der Waals surface area contributed by atoms with E-state index < -0.39 is 0 Å². The molecule has 0 atom stereocenters. The van der Waals surface area contributed by atoms with Crippen molar-refractivity contribution in [3.05, 3.63) is 54.0 Å². The lowest BCUT2D eigenvalue weighted by atomic mass is 10.0. The van der Waals surface area contributed by atoms with Crippen molar-refractivity contribution in [2.75, 3.05) is 20.2 Å². The molecular weight excluding hydrogens is 320 g/mol. The number of hydrogen-bond acceptors (Lipinski definition) is 4. The summed E-state index contributed by atoms with van der Waals surface area (Å²) in [5.74, 6) is 0.969. The molecule has 2 heterocycles. The topological polar surface area (TPSA) is 71.8 Å². The van der Waals surface area contributed by atoms with Crippen molar-refractivity contribution < 1.29 is 18.7 Å². The zero-order valence-electron chi connectivity index (χ0n) is 14.2. The lowest BCUT2D eigenvalue weighted by Gasteiger charge is -2.32. The third kappa shape index (κ3) is 4.41. The number of likely N-dealkylation sites (tertiary alicyclic amines) is 1. The number of carbonyl (C=O) groups is 2. The van der Waals surface area contributed by atoms with Crippen LogP contribution in [0.4, 0.5) is 0 Å². The largest absolute Gasteiger partial charge is 0.497 e. The number of furan rings is 1. The van der Waals surface area contributed by atoms with Crippen LogP contribution in [0.5, 0.6) is 5.75 Å². The van der Waals surface area contributed by atoms with Crippen LogP contribution in [0, 0.1) is 0 Å². The Morgan fingerprint density at radius 3 is 2.72 bits per heavy atom. The van der Waals surface area contributed by atoms with E-state index in [0.29, 0.717) is 25.3 Å². The molecule has 1 aromatic carbocycles. The van der Waals surface area contributed by atoms with E-state index in [1.54, 1.807) is 19.2 Å². The fourth-order valence-electron chi connectivity index (χ4n) is 3.01. The molecule has 1 fully saturated rings. The summed E-state index contributed by atoms with van der Waals surface area (Å²) in [5, 5.41) is 2.96. The van der Waals surface area contributed by atoms with E-state index in [9.17, 15) is 9.59 Å². The molecule has 25 heavy (non-hydrogen) atoms. The SMILES string of the molecule is COc1cccc(CC(=O)N2CCC(NC(=O)c3ccco3)CC2)c1. The molecule has 0 bridgehead atoms. The van der Waals surface area contributed by atoms with Crippen LogP contribution in [0.1, 0.15) is 29.0 Å². The van der Waals surface area contributed by atoms with Gasteiger partial charge in [-0.15, -0.1) is 0 Å². The number of methoxy groups -OCH3 is 1. The summed E-state index contributed by atoms with van der Waals surface area (Å²) in [6.45, 7) is 1.29. The molecule has 1 saturated heterocycles. The van der Waals surface area contributed by atoms with Gasteiger partial charge >= 0.3 is 0 Å². The average Bonchev–Trinajstić information content (AvgIpc) is 3.17. The lowest BCUT2D eigenvalue weighted by Crippen LogP contribution is -2.46. The fraction of sp³-hybridized carbons (Fsp3) is 0.368. The maximum absolute atomic E-state index is 12.5. The van der Waals surface area contributed by atoms with Gasteiger partial charge in [-0.25, -0.2) is 0 Å². The minimum absolute atomic E-state index is 0.0680. The second-order valence-electron chi connectivity index (χ2n) is 6.13. The highest BCUT2D eigenvalue weighted by molar-refractivity contribution is 5.91. The zero-order valence-corrected chi connectivity index (χ0v) is 14.2. The number of nitrogens with one attached hydrogen (secondary N) is 1. The Labute approximate surface area is 146 Å². The van der Waals surface area contributed by atoms with Crippen molar-refractivity contribution >= 4 is 11.8 Å². The third-order valence-electron chi connectivity index (χ3n) is 4.42. The van der Waals surface area contributed by atoms with Gasteiger partial charge in [0.15, 0.2) is 5.76 Å². The van der Waals surface area contributed by atoms with Crippen LogP contribution in [0.3, 0.4) is 0 Å². The summed E-state index contributed by atoms with van der Waals surface area (Å²) >= 11 is 0. The molecule has 1 aliphatic rings. The predicted octanol–water partition coefficient (Wildman–Crippen LogP) is 2.25. The van der Waals surface area contributed by atoms with Crippen LogP contribution < -0.4 is 10.1 Å². The number of ether oxygens (including phenoxy) is 1. The summed E-state index contributed by atoms with van der Waals surface area (Å²) in [6.07, 6.45) is 3.34. The molecule has 1 aromatic heterocycles. The van der Waals surface area contributed by atoms with E-state index in [0.717, 1.165) is 24.2 Å². The fourth-order valence-corrected chi connectivity index (χ4v) is 3.01. The van der Waals surface area contributed by atoms with Gasteiger partial charge in [-0.2, -0.15) is 0 Å². The number of nitrogens with zero attached hydrogens (tertiary/aromatic N) is 1. The molecule has 132 valence electrons. The van der Waals surface area contributed by atoms with Gasteiger partial charge in [-0.05, 0) is 42.7 Å². The molecule has 3 rings (SSSR count). The first-order chi connectivity index (χ1) is 12.2. The van der Waals surface area contributed by atoms with Gasteiger partial charge in [0.25, 0.3) is 5.91 Å². The molecule has 1 aliphatic heterocycles. The first kappa shape index (κ1) is 17.1. The molecule has 0 aliphatic carbocycles. The molecule has 0 radical (unpaired) electrons. The molecule has 6 nitrogen and oxygen atoms in total. The van der Waals surface area contributed by atoms with E-state index in [1.807, 2.05) is 29.2 Å². The van der Waals surface area contributed by atoms with E-state index in [-0.39, 0.29) is 17.9 Å². The number of benzene rings is 1. The van der Waals surface area contributed by atoms with Crippen LogP contribution in [0.15, 0.2) is 47.1 Å². The predicted molar refractivity (Wildman–Crippen MR) is 92.5 cm³/mol. The molecule has 0 spiro atoms. The Balaban J connectivity index is 1.48. The van der Waals surface area contributed by atoms with Crippen molar-refractivity contribution in [2.45, 2.75) is 25.3 Å². The Morgan fingerprint density at radius 1 is 1.24 bits per heavy atom. The van der Waals surface area contributed by atoms with Crippen molar-refractivity contribution in [3.63, 3.8) is 0 Å². The van der Waals surface area contributed by atoms with Crippen LogP contribution in [-0.4, -0.2) is 43.0 Å². The molecular formula is C19H22N2O4. The summed E-state index contributed by atoms with van der Waals surface area (Å²) in [5.41, 5.74) is 0.942. The molecule has 2 aromatic rings. The average molecular weight is 342 g/mol. The minimum Gasteiger partial charge on any atom is -0.497 e. The van der Waals surface area contributed by atoms with Crippen molar-refractivity contribution in [1.82, 2.24) is 10.2 Å². The van der Waals surface area contributed by atoms with E-state index in [2.05, 4.69) is 5.32 Å². The lowest BCUT2D eigenvalue weighted by molar-refractivity contribution is -0.131. The van der Waals surface area contributed by atoms with Gasteiger partial charge in [0.05, 0.1) is 19.8 Å². The van der Waals surface area contributed by atoms with Gasteiger partial charge in [0, 0.05) is 19.1 Å². The third-order valence-corrected chi connectivity index (χ3v) is 4.42. The van der Waals surface area contributed by atoms with Crippen LogP contribution in [-0.2, 0) is 11.2 Å². The molecule has 1 N–H and O–H groups in total. The number of hydrogen-bond donors (Lipinski definition) is 1. The van der Waals surface area contributed by atoms with Gasteiger partial charge in [0.2, 0.25) is 5.91 Å². The highest BCUT2D eigenvalue weighted by Crippen LogP contribution is 2.16. The van der Waals surface area contributed by atoms with Crippen LogP contribution >= 0.6 is 0 Å². The normalized spacial score (nSPS) is 15.0. The molecule has 6 heteroatoms. The van der Waals surface area contributed by atoms with Crippen molar-refractivity contribution in [3.8, 4) is 5.75 Å². The van der Waals surface area contributed by atoms with Gasteiger partial charge in [-0.3, -0.25) is 9.59 Å². The summed E-state index contributed by atoms with van der Waals surface area (Å²) in [4.78, 5) is 26.3. The molecule has 0 unspecified atom stereocenters. The highest BCUT2D eigenvalue weighted by atomic mass is 16.5. The highest BCUT2D eigenvalue weighted by Gasteiger charge is 2.24. The maximum Gasteiger partial charge on any atom is 0.287 e. The second-order valence-corrected chi connectivity index (χ2v) is 6.13. The Hall–Kier alpha value is -2.76. The number of rotatable bonds is 5. The summed E-state index contributed by atoms with van der Waals surface area (Å²) < 4.78 is 10.3. The van der Waals surface area contributed by atoms with E-state index in [1.165, 1.54) is 6.26 Å². The van der Waals surface area contributed by atoms with Crippen molar-refractivity contribution in [2.24, 2.45) is 0 Å². The quantitative estimate of drug-likeness (QED) is 0.905. The first-order valence-electron chi connectivity index (χ1n) is 8.41. The summed E-state index contributed by atoms with van der Waals surface area (Å²) in [6, 6.07) is 11.0. The Kier molecular flexibility index (Phi) is 5.38. The van der Waals surface area contributed by atoms with E-state index in [4.69, 9.17) is 9.15 Å². The van der Waals surface area contributed by atoms with Crippen LogP contribution in [0.25, 0.3) is 0 Å². The number of carbonyl (C=O) groups excluding carboxylic acids is 2. The number of amides is 2. The second kappa shape index (κ2) is 7.88. The number of piperidine rings is 1. The monoisotopic (exact) mass is 342 g/mol. The van der Waals surface area contributed by atoms with Crippen molar-refractivity contribution in [1.29, 1.82) is 0 Å². The molecule has 0 saturated carbocycles. The van der Waals surface area contributed by atoms with Gasteiger partial charge in [-0.1, -0.05) is 12.1 Å². The van der Waals surface area contributed by atoms with Gasteiger partial charge in [0.1, 0.15) is 5.75 Å². The maximum atomic E-state index is 12.5. The van der Waals surface area contributed by atoms with Gasteiger partial charge < -0.3 is 19.4 Å². The molecule has 2 amide bonds. The Bertz CT molecular complexity index is 719. The summed E-state index contributed by atoms with van der Waals surface area (Å²) in [7, 11) is 1.61. The van der Waals surface area contributed by atoms with E-state index >= 15 is 0 Å². The van der Waals surface area contributed by atoms with Crippen LogP contribution in [0.2, 0.25) is 0 Å². The Morgan fingerprint density at radius 2 is 2.04 bits per heavy atom. The smallest absolute Gasteiger partial charge is 0.287 e. The minimum atomic E-state index is -0.203.